The maximum atomic E-state index is 13.5. The molecule has 0 aliphatic carbocycles. The van der Waals surface area contributed by atoms with Crippen molar-refractivity contribution < 1.29 is 21.7 Å². The van der Waals surface area contributed by atoms with Crippen molar-refractivity contribution in [1.29, 1.82) is 0 Å². The Hall–Kier alpha value is -0.980. The van der Waals surface area contributed by atoms with Crippen LogP contribution < -0.4 is 0 Å². The fourth-order valence-corrected chi connectivity index (χ4v) is 2.33. The van der Waals surface area contributed by atoms with Gasteiger partial charge in [0, 0.05) is 0 Å². The average molecular weight is 320 g/mol. The zero-order chi connectivity index (χ0) is 16.5. The first kappa shape index (κ1) is 20.0. The average Bonchev–Trinajstić information content (AvgIpc) is 2.48. The van der Waals surface area contributed by atoms with Crippen molar-refractivity contribution in [2.45, 2.75) is 45.2 Å². The highest BCUT2D eigenvalue weighted by Crippen LogP contribution is 2.24. The van der Waals surface area contributed by atoms with Crippen LogP contribution in [0, 0.1) is 6.92 Å². The van der Waals surface area contributed by atoms with Gasteiger partial charge >= 0.3 is 0 Å². The minimum atomic E-state index is -3.88. The van der Waals surface area contributed by atoms with Gasteiger partial charge in [0.1, 0.15) is 6.61 Å². The maximum absolute atomic E-state index is 13.5. The van der Waals surface area contributed by atoms with E-state index in [0.29, 0.717) is 0 Å². The topological polar surface area (TPSA) is 52.6 Å². The van der Waals surface area contributed by atoms with Crippen LogP contribution >= 0.6 is 0 Å². The third-order valence-corrected chi connectivity index (χ3v) is 3.78. The van der Waals surface area contributed by atoms with Crippen molar-refractivity contribution in [3.8, 4) is 0 Å². The Kier molecular flexibility index (Phi) is 8.70. The molecule has 1 aliphatic rings. The predicted molar refractivity (Wildman–Crippen MR) is 81.7 cm³/mol. The second-order valence-corrected chi connectivity index (χ2v) is 5.79. The molecule has 0 spiro atoms. The summed E-state index contributed by atoms with van der Waals surface area (Å²) in [6.07, 6.45) is 0. The predicted octanol–water partition coefficient (Wildman–Crippen LogP) is 3.49. The number of ether oxygens (including phenoxy) is 1. The summed E-state index contributed by atoms with van der Waals surface area (Å²) < 4.78 is 46.3. The zero-order valence-corrected chi connectivity index (χ0v) is 14.2. The molecule has 4 nitrogen and oxygen atoms in total. The molecule has 2 rings (SSSR count). The largest absolute Gasteiger partial charge is 0.374 e. The SMILES string of the molecule is CC.CC.Cc1ccc(S(=O)(=O)OCC2(F)COC2)cc1. The van der Waals surface area contributed by atoms with Gasteiger partial charge in [0.05, 0.1) is 18.1 Å². The lowest BCUT2D eigenvalue weighted by atomic mass is 10.1. The Balaban J connectivity index is 0.000000921. The van der Waals surface area contributed by atoms with E-state index in [1.54, 1.807) is 12.1 Å². The first-order valence-electron chi connectivity index (χ1n) is 7.14. The van der Waals surface area contributed by atoms with Gasteiger partial charge in [-0.1, -0.05) is 45.4 Å². The van der Waals surface area contributed by atoms with Gasteiger partial charge in [-0.3, -0.25) is 4.18 Å². The second kappa shape index (κ2) is 9.12. The van der Waals surface area contributed by atoms with Gasteiger partial charge < -0.3 is 4.74 Å². The van der Waals surface area contributed by atoms with Crippen molar-refractivity contribution in [3.63, 3.8) is 0 Å². The molecule has 0 radical (unpaired) electrons. The van der Waals surface area contributed by atoms with E-state index < -0.39 is 22.4 Å². The van der Waals surface area contributed by atoms with Gasteiger partial charge in [-0.15, -0.1) is 0 Å². The Morgan fingerprint density at radius 2 is 1.62 bits per heavy atom. The fourth-order valence-electron chi connectivity index (χ4n) is 1.36. The van der Waals surface area contributed by atoms with E-state index in [9.17, 15) is 12.8 Å². The summed E-state index contributed by atoms with van der Waals surface area (Å²) in [4.78, 5) is 0.0342. The highest BCUT2D eigenvalue weighted by Gasteiger charge is 2.40. The summed E-state index contributed by atoms with van der Waals surface area (Å²) in [6, 6.07) is 6.20. The van der Waals surface area contributed by atoms with Crippen molar-refractivity contribution in [2.75, 3.05) is 19.8 Å². The van der Waals surface area contributed by atoms with Crippen LogP contribution in [-0.2, 0) is 19.0 Å². The molecule has 0 atom stereocenters. The van der Waals surface area contributed by atoms with E-state index in [4.69, 9.17) is 0 Å². The van der Waals surface area contributed by atoms with Crippen molar-refractivity contribution in [2.24, 2.45) is 0 Å². The Morgan fingerprint density at radius 3 is 2.00 bits per heavy atom. The number of aryl methyl sites for hydroxylation is 1. The molecule has 0 unspecified atom stereocenters. The normalized spacial score (nSPS) is 15.7. The minimum absolute atomic E-state index is 0.0342. The molecule has 0 aromatic heterocycles. The summed E-state index contributed by atoms with van der Waals surface area (Å²) in [7, 11) is -3.88. The Morgan fingerprint density at radius 1 is 1.14 bits per heavy atom. The van der Waals surface area contributed by atoms with Crippen molar-refractivity contribution in [1.82, 2.24) is 0 Å². The van der Waals surface area contributed by atoms with E-state index in [0.717, 1.165) is 5.56 Å². The minimum Gasteiger partial charge on any atom is -0.374 e. The zero-order valence-electron chi connectivity index (χ0n) is 13.3. The molecule has 1 aromatic rings. The number of benzene rings is 1. The third kappa shape index (κ3) is 6.11. The molecule has 1 heterocycles. The van der Waals surface area contributed by atoms with Gasteiger partial charge in [0.15, 0.2) is 5.67 Å². The fraction of sp³-hybridized carbons (Fsp3) is 0.600. The van der Waals surface area contributed by atoms with E-state index in [1.807, 2.05) is 34.6 Å². The molecule has 6 heteroatoms. The summed E-state index contributed by atoms with van der Waals surface area (Å²) in [5, 5.41) is 0. The summed E-state index contributed by atoms with van der Waals surface area (Å²) in [5.74, 6) is 0. The molecule has 1 saturated heterocycles. The molecule has 1 fully saturated rings. The van der Waals surface area contributed by atoms with E-state index >= 15 is 0 Å². The highest BCUT2D eigenvalue weighted by atomic mass is 32.2. The molecule has 1 aromatic carbocycles. The number of halogens is 1. The Labute approximate surface area is 127 Å². The first-order chi connectivity index (χ1) is 9.91. The summed E-state index contributed by atoms with van der Waals surface area (Å²) in [6.45, 7) is 9.12. The molecular weight excluding hydrogens is 295 g/mol. The number of alkyl halides is 1. The maximum Gasteiger partial charge on any atom is 0.297 e. The summed E-state index contributed by atoms with van der Waals surface area (Å²) in [5.41, 5.74) is -0.726. The lowest BCUT2D eigenvalue weighted by molar-refractivity contribution is -0.145. The molecule has 0 bridgehead atoms. The Bertz CT molecular complexity index is 493. The van der Waals surface area contributed by atoms with Crippen LogP contribution in [0.1, 0.15) is 33.3 Å². The molecule has 122 valence electrons. The number of hydrogen-bond acceptors (Lipinski definition) is 4. The number of rotatable bonds is 4. The van der Waals surface area contributed by atoms with Crippen LogP contribution in [0.2, 0.25) is 0 Å². The third-order valence-electron chi connectivity index (χ3n) is 2.50. The van der Waals surface area contributed by atoms with E-state index in [1.165, 1.54) is 12.1 Å². The van der Waals surface area contributed by atoms with Gasteiger partial charge in [-0.05, 0) is 19.1 Å². The molecule has 0 saturated carbocycles. The van der Waals surface area contributed by atoms with Crippen molar-refractivity contribution in [3.05, 3.63) is 29.8 Å². The van der Waals surface area contributed by atoms with Gasteiger partial charge in [-0.25, -0.2) is 4.39 Å². The van der Waals surface area contributed by atoms with Gasteiger partial charge in [-0.2, -0.15) is 8.42 Å². The second-order valence-electron chi connectivity index (χ2n) is 4.17. The smallest absolute Gasteiger partial charge is 0.297 e. The molecule has 1 aliphatic heterocycles. The molecule has 21 heavy (non-hydrogen) atoms. The van der Waals surface area contributed by atoms with E-state index in [-0.39, 0.29) is 18.1 Å². The highest BCUT2D eigenvalue weighted by molar-refractivity contribution is 7.86. The lowest BCUT2D eigenvalue weighted by Crippen LogP contribution is -2.49. The van der Waals surface area contributed by atoms with Gasteiger partial charge in [0.2, 0.25) is 0 Å². The van der Waals surface area contributed by atoms with Crippen LogP contribution in [0.4, 0.5) is 4.39 Å². The summed E-state index contributed by atoms with van der Waals surface area (Å²) >= 11 is 0. The van der Waals surface area contributed by atoms with Crippen molar-refractivity contribution >= 4 is 10.1 Å². The quantitative estimate of drug-likeness (QED) is 0.797. The molecular formula is C15H25FO4S. The van der Waals surface area contributed by atoms with Crippen LogP contribution in [-0.4, -0.2) is 33.9 Å². The van der Waals surface area contributed by atoms with Crippen LogP contribution in [0.15, 0.2) is 29.2 Å². The van der Waals surface area contributed by atoms with Crippen LogP contribution in [0.3, 0.4) is 0 Å². The monoisotopic (exact) mass is 320 g/mol. The molecule has 0 N–H and O–H groups in total. The van der Waals surface area contributed by atoms with Crippen LogP contribution in [0.5, 0.6) is 0 Å². The standard InChI is InChI=1S/C11H13FO4S.2C2H6/c1-9-2-4-10(5-3-9)17(13,14)16-8-11(12)6-15-7-11;2*1-2/h2-5H,6-8H2,1H3;2*1-2H3. The molecule has 0 amide bonds. The number of hydrogen-bond donors (Lipinski definition) is 0. The lowest BCUT2D eigenvalue weighted by Gasteiger charge is -2.32. The first-order valence-corrected chi connectivity index (χ1v) is 8.55. The van der Waals surface area contributed by atoms with E-state index in [2.05, 4.69) is 8.92 Å². The van der Waals surface area contributed by atoms with Gasteiger partial charge in [0.25, 0.3) is 10.1 Å². The van der Waals surface area contributed by atoms with Crippen LogP contribution in [0.25, 0.3) is 0 Å².